The molecule has 2 saturated carbocycles. The molecule has 0 radical (unpaired) electrons. The zero-order valence-corrected chi connectivity index (χ0v) is 11.5. The standard InChI is InChI=1S/C17H24N2/c18-19-17(10-14-8-11-5-6-12(14)7-11)16-9-13-3-1-2-4-15(13)16/h1-4,11-12,14,16-17,19H,5-10,18H2. The minimum Gasteiger partial charge on any atom is -0.271 e. The first-order valence-corrected chi connectivity index (χ1v) is 7.89. The number of hydrogen-bond donors (Lipinski definition) is 2. The van der Waals surface area contributed by atoms with Gasteiger partial charge >= 0.3 is 0 Å². The van der Waals surface area contributed by atoms with Crippen LogP contribution in [0.5, 0.6) is 0 Å². The van der Waals surface area contributed by atoms with Crippen molar-refractivity contribution in [1.82, 2.24) is 5.43 Å². The lowest BCUT2D eigenvalue weighted by atomic mass is 9.70. The van der Waals surface area contributed by atoms with Crippen molar-refractivity contribution in [2.45, 2.75) is 50.5 Å². The van der Waals surface area contributed by atoms with Crippen molar-refractivity contribution in [3.05, 3.63) is 35.4 Å². The smallest absolute Gasteiger partial charge is 0.0285 e. The first-order chi connectivity index (χ1) is 9.35. The summed E-state index contributed by atoms with van der Waals surface area (Å²) in [6.45, 7) is 0. The van der Waals surface area contributed by atoms with Gasteiger partial charge in [0.15, 0.2) is 0 Å². The molecular weight excluding hydrogens is 232 g/mol. The molecule has 4 rings (SSSR count). The fourth-order valence-corrected chi connectivity index (χ4v) is 5.00. The van der Waals surface area contributed by atoms with Gasteiger partial charge in [0, 0.05) is 12.0 Å². The summed E-state index contributed by atoms with van der Waals surface area (Å²) < 4.78 is 0. The second-order valence-corrected chi connectivity index (χ2v) is 6.95. The van der Waals surface area contributed by atoms with E-state index in [1.807, 2.05) is 0 Å². The quantitative estimate of drug-likeness (QED) is 0.642. The molecule has 3 N–H and O–H groups in total. The van der Waals surface area contributed by atoms with Crippen LogP contribution in [-0.4, -0.2) is 6.04 Å². The van der Waals surface area contributed by atoms with Gasteiger partial charge in [-0.3, -0.25) is 11.3 Å². The Morgan fingerprint density at radius 2 is 2.11 bits per heavy atom. The van der Waals surface area contributed by atoms with Crippen molar-refractivity contribution in [3.8, 4) is 0 Å². The third-order valence-corrected chi connectivity index (χ3v) is 6.04. The van der Waals surface area contributed by atoms with E-state index in [9.17, 15) is 0 Å². The van der Waals surface area contributed by atoms with Gasteiger partial charge < -0.3 is 0 Å². The molecule has 0 spiro atoms. The van der Waals surface area contributed by atoms with Crippen LogP contribution in [0.25, 0.3) is 0 Å². The topological polar surface area (TPSA) is 38.0 Å². The number of hydrogen-bond acceptors (Lipinski definition) is 2. The summed E-state index contributed by atoms with van der Waals surface area (Å²) >= 11 is 0. The highest BCUT2D eigenvalue weighted by molar-refractivity contribution is 5.41. The number of fused-ring (bicyclic) bond motifs is 3. The van der Waals surface area contributed by atoms with Gasteiger partial charge in [0.2, 0.25) is 0 Å². The van der Waals surface area contributed by atoms with Gasteiger partial charge in [-0.15, -0.1) is 0 Å². The lowest BCUT2D eigenvalue weighted by molar-refractivity contribution is 0.253. The van der Waals surface area contributed by atoms with Crippen LogP contribution in [0, 0.1) is 17.8 Å². The number of hydrazine groups is 1. The Morgan fingerprint density at radius 1 is 1.21 bits per heavy atom. The second-order valence-electron chi connectivity index (χ2n) is 6.95. The SMILES string of the molecule is NNC(CC1CC2CCC1C2)C1Cc2ccccc21. The molecule has 2 bridgehead atoms. The van der Waals surface area contributed by atoms with Crippen molar-refractivity contribution in [3.63, 3.8) is 0 Å². The van der Waals surface area contributed by atoms with Crippen LogP contribution in [0.15, 0.2) is 24.3 Å². The van der Waals surface area contributed by atoms with Gasteiger partial charge in [0.1, 0.15) is 0 Å². The predicted octanol–water partition coefficient (Wildman–Crippen LogP) is 2.98. The van der Waals surface area contributed by atoms with Crippen LogP contribution in [0.3, 0.4) is 0 Å². The third-order valence-electron chi connectivity index (χ3n) is 6.04. The molecule has 0 aliphatic heterocycles. The molecule has 5 unspecified atom stereocenters. The lowest BCUT2D eigenvalue weighted by Gasteiger charge is -2.38. The van der Waals surface area contributed by atoms with Crippen molar-refractivity contribution in [1.29, 1.82) is 0 Å². The molecule has 2 heteroatoms. The predicted molar refractivity (Wildman–Crippen MR) is 77.6 cm³/mol. The molecule has 102 valence electrons. The Morgan fingerprint density at radius 3 is 2.79 bits per heavy atom. The Labute approximate surface area is 115 Å². The first-order valence-electron chi connectivity index (χ1n) is 7.89. The molecule has 1 aromatic rings. The monoisotopic (exact) mass is 256 g/mol. The molecule has 2 fully saturated rings. The average Bonchev–Trinajstić information content (AvgIpc) is 3.01. The largest absolute Gasteiger partial charge is 0.271 e. The number of rotatable bonds is 4. The van der Waals surface area contributed by atoms with Gasteiger partial charge in [-0.2, -0.15) is 0 Å². The lowest BCUT2D eigenvalue weighted by Crippen LogP contribution is -2.45. The Hall–Kier alpha value is -0.860. The van der Waals surface area contributed by atoms with E-state index in [1.165, 1.54) is 49.7 Å². The highest BCUT2D eigenvalue weighted by Gasteiger charge is 2.42. The highest BCUT2D eigenvalue weighted by atomic mass is 15.2. The number of nitrogens with two attached hydrogens (primary N) is 1. The Kier molecular flexibility index (Phi) is 2.89. The fourth-order valence-electron chi connectivity index (χ4n) is 5.00. The Bertz CT molecular complexity index is 470. The van der Waals surface area contributed by atoms with Crippen LogP contribution < -0.4 is 11.3 Å². The molecule has 0 saturated heterocycles. The number of nitrogens with one attached hydrogen (secondary N) is 1. The summed E-state index contributed by atoms with van der Waals surface area (Å²) in [6.07, 6.45) is 8.45. The Balaban J connectivity index is 1.45. The molecule has 3 aliphatic carbocycles. The van der Waals surface area contributed by atoms with E-state index in [0.717, 1.165) is 17.8 Å². The molecule has 19 heavy (non-hydrogen) atoms. The zero-order valence-electron chi connectivity index (χ0n) is 11.5. The maximum Gasteiger partial charge on any atom is 0.0285 e. The maximum atomic E-state index is 5.87. The van der Waals surface area contributed by atoms with Crippen molar-refractivity contribution >= 4 is 0 Å². The van der Waals surface area contributed by atoms with Gasteiger partial charge in [0.05, 0.1) is 0 Å². The highest BCUT2D eigenvalue weighted by Crippen LogP contribution is 2.51. The maximum absolute atomic E-state index is 5.87. The molecule has 3 aliphatic rings. The van der Waals surface area contributed by atoms with Crippen LogP contribution in [0.2, 0.25) is 0 Å². The molecule has 2 nitrogen and oxygen atoms in total. The first kappa shape index (κ1) is 11.9. The van der Waals surface area contributed by atoms with E-state index >= 15 is 0 Å². The van der Waals surface area contributed by atoms with Gasteiger partial charge in [0.25, 0.3) is 0 Å². The van der Waals surface area contributed by atoms with E-state index in [0.29, 0.717) is 12.0 Å². The van der Waals surface area contributed by atoms with E-state index in [1.54, 1.807) is 0 Å². The van der Waals surface area contributed by atoms with Crippen molar-refractivity contribution in [2.24, 2.45) is 23.6 Å². The van der Waals surface area contributed by atoms with Crippen molar-refractivity contribution < 1.29 is 0 Å². The van der Waals surface area contributed by atoms with Crippen LogP contribution >= 0.6 is 0 Å². The summed E-state index contributed by atoms with van der Waals surface area (Å²) in [5.74, 6) is 9.51. The zero-order chi connectivity index (χ0) is 12.8. The molecule has 0 heterocycles. The van der Waals surface area contributed by atoms with E-state index in [4.69, 9.17) is 5.84 Å². The summed E-state index contributed by atoms with van der Waals surface area (Å²) in [5, 5.41) is 0. The van der Waals surface area contributed by atoms with E-state index < -0.39 is 0 Å². The average molecular weight is 256 g/mol. The molecule has 5 atom stereocenters. The fraction of sp³-hybridized carbons (Fsp3) is 0.647. The van der Waals surface area contributed by atoms with Gasteiger partial charge in [-0.25, -0.2) is 0 Å². The summed E-state index contributed by atoms with van der Waals surface area (Å²) in [4.78, 5) is 0. The van der Waals surface area contributed by atoms with Crippen LogP contribution in [0.4, 0.5) is 0 Å². The minimum absolute atomic E-state index is 0.485. The van der Waals surface area contributed by atoms with Gasteiger partial charge in [-0.05, 0) is 61.0 Å². The molecular formula is C17H24N2. The minimum atomic E-state index is 0.485. The van der Waals surface area contributed by atoms with Gasteiger partial charge in [-0.1, -0.05) is 30.7 Å². The van der Waals surface area contributed by atoms with E-state index in [-0.39, 0.29) is 0 Å². The summed E-state index contributed by atoms with van der Waals surface area (Å²) in [5.41, 5.74) is 6.20. The van der Waals surface area contributed by atoms with Crippen LogP contribution in [-0.2, 0) is 6.42 Å². The third kappa shape index (κ3) is 1.93. The molecule has 1 aromatic carbocycles. The van der Waals surface area contributed by atoms with E-state index in [2.05, 4.69) is 29.7 Å². The molecule has 0 aromatic heterocycles. The molecule has 0 amide bonds. The van der Waals surface area contributed by atoms with Crippen molar-refractivity contribution in [2.75, 3.05) is 0 Å². The normalized spacial score (nSPS) is 36.9. The summed E-state index contributed by atoms with van der Waals surface area (Å²) in [6, 6.07) is 9.34. The second kappa shape index (κ2) is 4.60. The number of benzene rings is 1. The van der Waals surface area contributed by atoms with Crippen LogP contribution in [0.1, 0.15) is 49.1 Å². The summed E-state index contributed by atoms with van der Waals surface area (Å²) in [7, 11) is 0.